The van der Waals surface area contributed by atoms with Gasteiger partial charge in [-0.15, -0.1) is 0 Å². The van der Waals surface area contributed by atoms with Crippen molar-refractivity contribution in [2.45, 2.75) is 13.8 Å². The number of rotatable bonds is 4. The molecule has 1 fully saturated rings. The number of thiocarbonyl (C=S) groups is 1. The summed E-state index contributed by atoms with van der Waals surface area (Å²) in [6.45, 7) is 4.73. The van der Waals surface area contributed by atoms with Crippen molar-refractivity contribution in [1.29, 1.82) is 0 Å². The van der Waals surface area contributed by atoms with Crippen molar-refractivity contribution in [3.8, 4) is 11.3 Å². The second kappa shape index (κ2) is 7.54. The van der Waals surface area contributed by atoms with Crippen molar-refractivity contribution in [1.82, 2.24) is 4.90 Å². The first kappa shape index (κ1) is 18.5. The minimum Gasteiger partial charge on any atom is -0.457 e. The highest BCUT2D eigenvalue weighted by molar-refractivity contribution is 8.26. The summed E-state index contributed by atoms with van der Waals surface area (Å²) in [6.07, 6.45) is 1.72. The van der Waals surface area contributed by atoms with Crippen LogP contribution >= 0.6 is 47.2 Å². The van der Waals surface area contributed by atoms with Crippen molar-refractivity contribution in [2.24, 2.45) is 5.92 Å². The number of nitrogens with zero attached hydrogens (tertiary/aromatic N) is 1. The Morgan fingerprint density at radius 3 is 2.68 bits per heavy atom. The fourth-order valence-corrected chi connectivity index (χ4v) is 3.94. The second-order valence-corrected chi connectivity index (χ2v) is 8.51. The zero-order valence-corrected chi connectivity index (χ0v) is 16.7. The van der Waals surface area contributed by atoms with Gasteiger partial charge in [-0.3, -0.25) is 9.69 Å². The summed E-state index contributed by atoms with van der Waals surface area (Å²) < 4.78 is 6.41. The van der Waals surface area contributed by atoms with Gasteiger partial charge in [0.05, 0.1) is 15.0 Å². The predicted molar refractivity (Wildman–Crippen MR) is 109 cm³/mol. The van der Waals surface area contributed by atoms with Gasteiger partial charge in [0.25, 0.3) is 5.91 Å². The number of furan rings is 1. The topological polar surface area (TPSA) is 33.5 Å². The van der Waals surface area contributed by atoms with Crippen molar-refractivity contribution < 1.29 is 9.21 Å². The van der Waals surface area contributed by atoms with Gasteiger partial charge in [-0.25, -0.2) is 0 Å². The van der Waals surface area contributed by atoms with Crippen LogP contribution in [-0.4, -0.2) is 21.7 Å². The predicted octanol–water partition coefficient (Wildman–Crippen LogP) is 6.11. The highest BCUT2D eigenvalue weighted by atomic mass is 35.5. The molecule has 2 heterocycles. The molecule has 7 heteroatoms. The lowest BCUT2D eigenvalue weighted by atomic mass is 10.2. The third kappa shape index (κ3) is 4.11. The van der Waals surface area contributed by atoms with Crippen molar-refractivity contribution in [3.63, 3.8) is 0 Å². The third-order valence-corrected chi connectivity index (χ3v) is 5.64. The summed E-state index contributed by atoms with van der Waals surface area (Å²) in [6, 6.07) is 8.94. The quantitative estimate of drug-likeness (QED) is 0.448. The Bertz CT molecular complexity index is 874. The second-order valence-electron chi connectivity index (χ2n) is 6.02. The van der Waals surface area contributed by atoms with Crippen LogP contribution in [0.1, 0.15) is 19.6 Å². The number of carbonyl (C=O) groups excluding carboxylic acids is 1. The Morgan fingerprint density at radius 1 is 1.24 bits per heavy atom. The van der Waals surface area contributed by atoms with E-state index in [9.17, 15) is 4.79 Å². The van der Waals surface area contributed by atoms with Crippen molar-refractivity contribution in [3.05, 3.63) is 51.0 Å². The summed E-state index contributed by atoms with van der Waals surface area (Å²) >= 11 is 18.6. The van der Waals surface area contributed by atoms with Crippen LogP contribution in [0.4, 0.5) is 0 Å². The van der Waals surface area contributed by atoms with Gasteiger partial charge in [0, 0.05) is 18.2 Å². The normalized spacial score (nSPS) is 16.5. The highest BCUT2D eigenvalue weighted by Gasteiger charge is 2.32. The van der Waals surface area contributed by atoms with Crippen molar-refractivity contribution >= 4 is 63.5 Å². The molecule has 0 bridgehead atoms. The van der Waals surface area contributed by atoms with E-state index in [1.807, 2.05) is 18.2 Å². The lowest BCUT2D eigenvalue weighted by molar-refractivity contribution is -0.122. The Labute approximate surface area is 166 Å². The summed E-state index contributed by atoms with van der Waals surface area (Å²) in [5.74, 6) is 1.52. The van der Waals surface area contributed by atoms with Gasteiger partial charge in [0.1, 0.15) is 15.8 Å². The van der Waals surface area contributed by atoms with E-state index in [0.717, 1.165) is 5.56 Å². The molecule has 2 aromatic rings. The molecule has 0 saturated carbocycles. The molecule has 0 unspecified atom stereocenters. The molecule has 0 radical (unpaired) electrons. The smallest absolute Gasteiger partial charge is 0.266 e. The number of carbonyl (C=O) groups is 1. The van der Waals surface area contributed by atoms with E-state index in [1.54, 1.807) is 23.1 Å². The van der Waals surface area contributed by atoms with Gasteiger partial charge in [0.2, 0.25) is 0 Å². The summed E-state index contributed by atoms with van der Waals surface area (Å²) in [5.41, 5.74) is 0.821. The number of hydrogen-bond acceptors (Lipinski definition) is 4. The monoisotopic (exact) mass is 411 g/mol. The molecular formula is C18H15Cl2NO2S2. The minimum atomic E-state index is -0.0730. The van der Waals surface area contributed by atoms with E-state index in [0.29, 0.717) is 43.3 Å². The summed E-state index contributed by atoms with van der Waals surface area (Å²) in [5, 5.41) is 0.956. The van der Waals surface area contributed by atoms with E-state index >= 15 is 0 Å². The van der Waals surface area contributed by atoms with Crippen LogP contribution in [0.5, 0.6) is 0 Å². The Hall–Kier alpha value is -1.27. The molecule has 1 aromatic heterocycles. The number of benzene rings is 1. The summed E-state index contributed by atoms with van der Waals surface area (Å²) in [4.78, 5) is 14.7. The minimum absolute atomic E-state index is 0.0730. The maximum Gasteiger partial charge on any atom is 0.266 e. The fourth-order valence-electron chi connectivity index (χ4n) is 2.39. The van der Waals surface area contributed by atoms with Crippen LogP contribution in [-0.2, 0) is 4.79 Å². The Balaban J connectivity index is 1.83. The van der Waals surface area contributed by atoms with E-state index in [4.69, 9.17) is 39.8 Å². The first-order valence-corrected chi connectivity index (χ1v) is 9.64. The maximum atomic E-state index is 12.5. The molecular weight excluding hydrogens is 397 g/mol. The van der Waals surface area contributed by atoms with Crippen LogP contribution in [0.25, 0.3) is 17.4 Å². The van der Waals surface area contributed by atoms with E-state index < -0.39 is 0 Å². The van der Waals surface area contributed by atoms with E-state index in [2.05, 4.69) is 13.8 Å². The Kier molecular flexibility index (Phi) is 5.58. The molecule has 1 saturated heterocycles. The zero-order valence-electron chi connectivity index (χ0n) is 13.6. The van der Waals surface area contributed by atoms with Crippen LogP contribution in [0.2, 0.25) is 10.0 Å². The molecule has 3 nitrogen and oxygen atoms in total. The third-order valence-electron chi connectivity index (χ3n) is 3.53. The molecule has 1 aliphatic heterocycles. The van der Waals surface area contributed by atoms with Crippen LogP contribution in [0.3, 0.4) is 0 Å². The van der Waals surface area contributed by atoms with Crippen LogP contribution in [0.15, 0.2) is 39.7 Å². The molecule has 0 aliphatic carbocycles. The lowest BCUT2D eigenvalue weighted by Gasteiger charge is -2.16. The van der Waals surface area contributed by atoms with E-state index in [-0.39, 0.29) is 5.91 Å². The highest BCUT2D eigenvalue weighted by Crippen LogP contribution is 2.34. The van der Waals surface area contributed by atoms with Gasteiger partial charge in [0.15, 0.2) is 0 Å². The average molecular weight is 412 g/mol. The molecule has 0 N–H and O–H groups in total. The van der Waals surface area contributed by atoms with E-state index in [1.165, 1.54) is 11.8 Å². The SMILES string of the molecule is CC(C)CN1C(=O)C(=Cc2ccc(-c3ccc(Cl)c(Cl)c3)o2)SC1=S. The number of halogens is 2. The van der Waals surface area contributed by atoms with Crippen molar-refractivity contribution in [2.75, 3.05) is 6.54 Å². The molecule has 1 aliphatic rings. The number of amides is 1. The average Bonchev–Trinajstić information content (AvgIpc) is 3.11. The van der Waals surface area contributed by atoms with Gasteiger partial charge in [-0.05, 0) is 36.2 Å². The molecule has 1 amide bonds. The molecule has 130 valence electrons. The standard InChI is InChI=1S/C18H15Cl2NO2S2/c1-10(2)9-21-17(22)16(25-18(21)24)8-12-4-6-15(23-12)11-3-5-13(19)14(20)7-11/h3-8,10H,9H2,1-2H3. The number of thioether (sulfide) groups is 1. The van der Waals surface area contributed by atoms with Gasteiger partial charge in [-0.1, -0.05) is 61.0 Å². The van der Waals surface area contributed by atoms with Gasteiger partial charge >= 0.3 is 0 Å². The molecule has 25 heavy (non-hydrogen) atoms. The summed E-state index contributed by atoms with van der Waals surface area (Å²) in [7, 11) is 0. The first-order valence-electron chi connectivity index (χ1n) is 7.66. The molecule has 1 aromatic carbocycles. The maximum absolute atomic E-state index is 12.5. The zero-order chi connectivity index (χ0) is 18.1. The Morgan fingerprint density at radius 2 is 2.00 bits per heavy atom. The molecule has 3 rings (SSSR count). The van der Waals surface area contributed by atoms with Gasteiger partial charge < -0.3 is 4.42 Å². The lowest BCUT2D eigenvalue weighted by Crippen LogP contribution is -2.31. The molecule has 0 spiro atoms. The largest absolute Gasteiger partial charge is 0.457 e. The fraction of sp³-hybridized carbons (Fsp3) is 0.222. The van der Waals surface area contributed by atoms with Crippen LogP contribution in [0, 0.1) is 5.92 Å². The first-order chi connectivity index (χ1) is 11.8. The molecule has 0 atom stereocenters. The van der Waals surface area contributed by atoms with Crippen LogP contribution < -0.4 is 0 Å². The van der Waals surface area contributed by atoms with Gasteiger partial charge in [-0.2, -0.15) is 0 Å². The number of hydrogen-bond donors (Lipinski definition) is 0.